The van der Waals surface area contributed by atoms with E-state index in [1.165, 1.54) is 0 Å². The van der Waals surface area contributed by atoms with Crippen molar-refractivity contribution in [1.29, 1.82) is 0 Å². The molecule has 0 aliphatic heterocycles. The Morgan fingerprint density at radius 3 is 2.56 bits per heavy atom. The molecule has 1 atom stereocenters. The van der Waals surface area contributed by atoms with Crippen LogP contribution in [0.1, 0.15) is 23.8 Å². The molecule has 0 bridgehead atoms. The number of hydrogen-bond acceptors (Lipinski definition) is 2. The molecule has 1 amide bonds. The van der Waals surface area contributed by atoms with Gasteiger partial charge >= 0.3 is 0 Å². The zero-order valence-corrected chi connectivity index (χ0v) is 9.52. The summed E-state index contributed by atoms with van der Waals surface area (Å²) in [5.74, 6) is -0.190. The smallest absolute Gasteiger partial charge is 0.242 e. The van der Waals surface area contributed by atoms with Crippen LogP contribution in [0.15, 0.2) is 30.3 Å². The Balaban J connectivity index is 1.90. The van der Waals surface area contributed by atoms with E-state index in [4.69, 9.17) is 16.7 Å². The third kappa shape index (κ3) is 2.54. The number of alkyl halides is 1. The molecule has 1 aromatic rings. The Morgan fingerprint density at radius 1 is 1.38 bits per heavy atom. The molecule has 1 unspecified atom stereocenters. The second-order valence-corrected chi connectivity index (χ2v) is 4.54. The molecule has 1 aromatic carbocycles. The fraction of sp³-hybridized carbons (Fsp3) is 0.417. The lowest BCUT2D eigenvalue weighted by molar-refractivity contribution is -0.122. The maximum atomic E-state index is 11.7. The highest BCUT2D eigenvalue weighted by Crippen LogP contribution is 2.24. The van der Waals surface area contributed by atoms with Crippen molar-refractivity contribution in [3.63, 3.8) is 0 Å². The molecular weight excluding hydrogens is 226 g/mol. The highest BCUT2D eigenvalue weighted by molar-refractivity contribution is 6.30. The van der Waals surface area contributed by atoms with Gasteiger partial charge in [0.05, 0.1) is 6.10 Å². The molecule has 1 aliphatic rings. The van der Waals surface area contributed by atoms with Crippen LogP contribution < -0.4 is 5.32 Å². The third-order valence-corrected chi connectivity index (χ3v) is 3.23. The van der Waals surface area contributed by atoms with Crippen LogP contribution >= 0.6 is 11.6 Å². The minimum atomic E-state index is -0.654. The number of carbonyl (C=O) groups excluding carboxylic acids is 1. The third-order valence-electron chi connectivity index (χ3n) is 2.78. The standard InChI is InChI=1S/C12H14ClNO2/c13-11(8-4-2-1-3-5-8)12(16)14-9-6-10(15)7-9/h1-5,9-11,15H,6-7H2,(H,14,16). The quantitative estimate of drug-likeness (QED) is 0.788. The van der Waals surface area contributed by atoms with Crippen molar-refractivity contribution in [1.82, 2.24) is 5.32 Å². The lowest BCUT2D eigenvalue weighted by Crippen LogP contribution is -2.47. The molecule has 86 valence electrons. The first-order valence-corrected chi connectivity index (χ1v) is 5.78. The van der Waals surface area contributed by atoms with Crippen LogP contribution in [0.3, 0.4) is 0 Å². The monoisotopic (exact) mass is 239 g/mol. The molecule has 0 aromatic heterocycles. The molecule has 1 aliphatic carbocycles. The molecule has 4 heteroatoms. The van der Waals surface area contributed by atoms with Crippen molar-refractivity contribution in [3.8, 4) is 0 Å². The number of halogens is 1. The minimum absolute atomic E-state index is 0.0764. The van der Waals surface area contributed by atoms with Gasteiger partial charge < -0.3 is 10.4 Å². The van der Waals surface area contributed by atoms with Crippen LogP contribution in [-0.2, 0) is 4.79 Å². The van der Waals surface area contributed by atoms with Gasteiger partial charge in [-0.05, 0) is 18.4 Å². The lowest BCUT2D eigenvalue weighted by Gasteiger charge is -2.32. The molecule has 16 heavy (non-hydrogen) atoms. The molecule has 1 saturated carbocycles. The van der Waals surface area contributed by atoms with Gasteiger partial charge in [-0.25, -0.2) is 0 Å². The minimum Gasteiger partial charge on any atom is -0.393 e. The van der Waals surface area contributed by atoms with Crippen molar-refractivity contribution < 1.29 is 9.90 Å². The summed E-state index contributed by atoms with van der Waals surface area (Å²) in [6.07, 6.45) is 0.990. The summed E-state index contributed by atoms with van der Waals surface area (Å²) in [4.78, 5) is 11.7. The fourth-order valence-corrected chi connectivity index (χ4v) is 1.96. The highest BCUT2D eigenvalue weighted by Gasteiger charge is 2.30. The normalized spacial score (nSPS) is 25.6. The zero-order valence-electron chi connectivity index (χ0n) is 8.77. The van der Waals surface area contributed by atoms with Gasteiger partial charge in [-0.1, -0.05) is 30.3 Å². The van der Waals surface area contributed by atoms with E-state index < -0.39 is 5.38 Å². The largest absolute Gasteiger partial charge is 0.393 e. The van der Waals surface area contributed by atoms with E-state index in [2.05, 4.69) is 5.32 Å². The predicted octanol–water partition coefficient (Wildman–Crippen LogP) is 1.61. The molecule has 0 saturated heterocycles. The van der Waals surface area contributed by atoms with Crippen LogP contribution in [0.4, 0.5) is 0 Å². The number of nitrogens with one attached hydrogen (secondary N) is 1. The number of rotatable bonds is 3. The maximum absolute atomic E-state index is 11.7. The molecule has 0 spiro atoms. The number of carbonyl (C=O) groups is 1. The molecule has 0 heterocycles. The van der Waals surface area contributed by atoms with Gasteiger partial charge in [0.15, 0.2) is 0 Å². The van der Waals surface area contributed by atoms with Gasteiger partial charge in [0.2, 0.25) is 5.91 Å². The van der Waals surface area contributed by atoms with Crippen LogP contribution in [0, 0.1) is 0 Å². The Bertz CT molecular complexity index is 363. The Hall–Kier alpha value is -1.06. The maximum Gasteiger partial charge on any atom is 0.242 e. The van der Waals surface area contributed by atoms with Crippen LogP contribution in [0.25, 0.3) is 0 Å². The van der Waals surface area contributed by atoms with Gasteiger partial charge in [0.1, 0.15) is 5.38 Å². The molecule has 2 rings (SSSR count). The second kappa shape index (κ2) is 4.85. The van der Waals surface area contributed by atoms with E-state index >= 15 is 0 Å². The fourth-order valence-electron chi connectivity index (χ4n) is 1.75. The molecule has 0 radical (unpaired) electrons. The Labute approximate surface area is 99.4 Å². The van der Waals surface area contributed by atoms with Crippen molar-refractivity contribution in [3.05, 3.63) is 35.9 Å². The van der Waals surface area contributed by atoms with Gasteiger partial charge in [0.25, 0.3) is 0 Å². The van der Waals surface area contributed by atoms with Crippen LogP contribution in [-0.4, -0.2) is 23.2 Å². The van der Waals surface area contributed by atoms with Gasteiger partial charge in [-0.2, -0.15) is 0 Å². The van der Waals surface area contributed by atoms with E-state index in [0.29, 0.717) is 12.8 Å². The highest BCUT2D eigenvalue weighted by atomic mass is 35.5. The topological polar surface area (TPSA) is 49.3 Å². The summed E-state index contributed by atoms with van der Waals surface area (Å²) in [6.45, 7) is 0. The summed E-state index contributed by atoms with van der Waals surface area (Å²) in [6, 6.07) is 9.32. The summed E-state index contributed by atoms with van der Waals surface area (Å²) < 4.78 is 0. The predicted molar refractivity (Wildman–Crippen MR) is 62.2 cm³/mol. The summed E-state index contributed by atoms with van der Waals surface area (Å²) in [5.41, 5.74) is 0.793. The lowest BCUT2D eigenvalue weighted by atomic mass is 9.89. The van der Waals surface area contributed by atoms with Crippen LogP contribution in [0.2, 0.25) is 0 Å². The number of aliphatic hydroxyl groups is 1. The number of aliphatic hydroxyl groups excluding tert-OH is 1. The van der Waals surface area contributed by atoms with E-state index in [-0.39, 0.29) is 18.1 Å². The zero-order chi connectivity index (χ0) is 11.5. The van der Waals surface area contributed by atoms with Gasteiger partial charge in [-0.15, -0.1) is 11.6 Å². The SMILES string of the molecule is O=C(NC1CC(O)C1)C(Cl)c1ccccc1. The molecule has 1 fully saturated rings. The summed E-state index contributed by atoms with van der Waals surface area (Å²) >= 11 is 6.04. The molecule has 3 nitrogen and oxygen atoms in total. The Kier molecular flexibility index (Phi) is 3.46. The average molecular weight is 240 g/mol. The van der Waals surface area contributed by atoms with Gasteiger partial charge in [0, 0.05) is 6.04 Å². The van der Waals surface area contributed by atoms with E-state index in [1.54, 1.807) is 0 Å². The van der Waals surface area contributed by atoms with E-state index in [9.17, 15) is 4.79 Å². The van der Waals surface area contributed by atoms with E-state index in [0.717, 1.165) is 5.56 Å². The van der Waals surface area contributed by atoms with Crippen molar-refractivity contribution in [2.75, 3.05) is 0 Å². The first-order chi connectivity index (χ1) is 7.66. The van der Waals surface area contributed by atoms with Gasteiger partial charge in [-0.3, -0.25) is 4.79 Å². The number of hydrogen-bond donors (Lipinski definition) is 2. The number of benzene rings is 1. The van der Waals surface area contributed by atoms with Crippen molar-refractivity contribution in [2.24, 2.45) is 0 Å². The molecular formula is C12H14ClNO2. The summed E-state index contributed by atoms with van der Waals surface area (Å²) in [5, 5.41) is 11.3. The van der Waals surface area contributed by atoms with E-state index in [1.807, 2.05) is 30.3 Å². The van der Waals surface area contributed by atoms with Crippen molar-refractivity contribution in [2.45, 2.75) is 30.4 Å². The molecule has 2 N–H and O–H groups in total. The first-order valence-electron chi connectivity index (χ1n) is 5.34. The summed E-state index contributed by atoms with van der Waals surface area (Å²) in [7, 11) is 0. The second-order valence-electron chi connectivity index (χ2n) is 4.10. The van der Waals surface area contributed by atoms with Crippen molar-refractivity contribution >= 4 is 17.5 Å². The average Bonchev–Trinajstić information content (AvgIpc) is 2.27. The Morgan fingerprint density at radius 2 is 2.00 bits per heavy atom. The number of amides is 1. The first kappa shape index (κ1) is 11.4. The van der Waals surface area contributed by atoms with Crippen LogP contribution in [0.5, 0.6) is 0 Å².